The summed E-state index contributed by atoms with van der Waals surface area (Å²) in [5.41, 5.74) is 0. The van der Waals surface area contributed by atoms with Crippen LogP contribution in [0.4, 0.5) is 0 Å². The molecule has 13 heavy (non-hydrogen) atoms. The summed E-state index contributed by atoms with van der Waals surface area (Å²) in [4.78, 5) is 13.9. The molecular formula is C11H19NO. The number of carbonyl (C=O) groups excluding carboxylic acids is 1. The van der Waals surface area contributed by atoms with E-state index in [0.29, 0.717) is 23.9 Å². The molecule has 0 aromatic heterocycles. The first kappa shape index (κ1) is 9.04. The maximum atomic E-state index is 11.7. The Morgan fingerprint density at radius 1 is 1.23 bits per heavy atom. The first-order valence-electron chi connectivity index (χ1n) is 5.51. The number of nitrogens with zero attached hydrogens (tertiary/aromatic N) is 1. The van der Waals surface area contributed by atoms with E-state index in [4.69, 9.17) is 0 Å². The number of amides is 1. The Bertz CT molecular complexity index is 212. The van der Waals surface area contributed by atoms with E-state index in [9.17, 15) is 4.79 Å². The zero-order valence-corrected chi connectivity index (χ0v) is 8.62. The maximum Gasteiger partial charge on any atom is 0.223 e. The van der Waals surface area contributed by atoms with E-state index >= 15 is 0 Å². The van der Waals surface area contributed by atoms with E-state index in [-0.39, 0.29) is 0 Å². The molecule has 2 aliphatic heterocycles. The van der Waals surface area contributed by atoms with Gasteiger partial charge in [0.05, 0.1) is 0 Å². The number of rotatable bonds is 0. The van der Waals surface area contributed by atoms with Gasteiger partial charge in [-0.3, -0.25) is 4.79 Å². The summed E-state index contributed by atoms with van der Waals surface area (Å²) in [5, 5.41) is 0. The highest BCUT2D eigenvalue weighted by atomic mass is 16.2. The fourth-order valence-electron chi connectivity index (χ4n) is 2.77. The molecule has 2 rings (SSSR count). The van der Waals surface area contributed by atoms with E-state index in [1.165, 1.54) is 19.3 Å². The average molecular weight is 181 g/mol. The predicted molar refractivity (Wildman–Crippen MR) is 52.3 cm³/mol. The smallest absolute Gasteiger partial charge is 0.223 e. The first-order chi connectivity index (χ1) is 6.20. The summed E-state index contributed by atoms with van der Waals surface area (Å²) >= 11 is 0. The van der Waals surface area contributed by atoms with Gasteiger partial charge in [-0.05, 0) is 38.5 Å². The van der Waals surface area contributed by atoms with Crippen LogP contribution >= 0.6 is 0 Å². The van der Waals surface area contributed by atoms with Crippen molar-refractivity contribution < 1.29 is 4.79 Å². The molecule has 0 radical (unpaired) electrons. The molecular weight excluding hydrogens is 162 g/mol. The van der Waals surface area contributed by atoms with Crippen LogP contribution in [0.5, 0.6) is 0 Å². The molecule has 0 bridgehead atoms. The van der Waals surface area contributed by atoms with Crippen LogP contribution in [0.3, 0.4) is 0 Å². The molecule has 2 aliphatic rings. The van der Waals surface area contributed by atoms with Crippen LogP contribution in [0.15, 0.2) is 0 Å². The van der Waals surface area contributed by atoms with Gasteiger partial charge in [-0.2, -0.15) is 0 Å². The molecule has 3 atom stereocenters. The van der Waals surface area contributed by atoms with Crippen molar-refractivity contribution in [2.75, 3.05) is 0 Å². The summed E-state index contributed by atoms with van der Waals surface area (Å²) in [6.07, 6.45) is 5.67. The Kier molecular flexibility index (Phi) is 2.31. The monoisotopic (exact) mass is 181 g/mol. The number of hydrogen-bond acceptors (Lipinski definition) is 1. The largest absolute Gasteiger partial charge is 0.337 e. The minimum absolute atomic E-state index is 0.398. The van der Waals surface area contributed by atoms with Crippen molar-refractivity contribution in [2.24, 2.45) is 5.92 Å². The summed E-state index contributed by atoms with van der Waals surface area (Å²) in [5.74, 6) is 1.09. The van der Waals surface area contributed by atoms with E-state index < -0.39 is 0 Å². The molecule has 2 saturated heterocycles. The fourth-order valence-corrected chi connectivity index (χ4v) is 2.77. The van der Waals surface area contributed by atoms with Crippen molar-refractivity contribution in [3.05, 3.63) is 0 Å². The molecule has 1 unspecified atom stereocenters. The lowest BCUT2D eigenvalue weighted by Gasteiger charge is -2.46. The van der Waals surface area contributed by atoms with Gasteiger partial charge in [0.15, 0.2) is 0 Å². The highest BCUT2D eigenvalue weighted by Gasteiger charge is 2.37. The Labute approximate surface area is 80.3 Å². The van der Waals surface area contributed by atoms with E-state index in [0.717, 1.165) is 12.8 Å². The second-order valence-corrected chi connectivity index (χ2v) is 4.64. The van der Waals surface area contributed by atoms with Crippen molar-refractivity contribution in [2.45, 2.75) is 58.0 Å². The minimum atomic E-state index is 0.398. The van der Waals surface area contributed by atoms with Gasteiger partial charge in [0.25, 0.3) is 0 Å². The standard InChI is InChI=1S/C11H19NO/c1-8-6-7-10-4-3-5-11(13)12(10)9(8)2/h8-10H,3-7H2,1-2H3/t8-,9-,10?/m0/s1. The topological polar surface area (TPSA) is 20.3 Å². The summed E-state index contributed by atoms with van der Waals surface area (Å²) in [7, 11) is 0. The predicted octanol–water partition coefficient (Wildman–Crippen LogP) is 2.19. The molecule has 2 nitrogen and oxygen atoms in total. The van der Waals surface area contributed by atoms with Crippen molar-refractivity contribution >= 4 is 5.91 Å². The zero-order valence-electron chi connectivity index (χ0n) is 8.62. The summed E-state index contributed by atoms with van der Waals surface area (Å²) < 4.78 is 0. The lowest BCUT2D eigenvalue weighted by molar-refractivity contribution is -0.143. The lowest BCUT2D eigenvalue weighted by atomic mass is 9.83. The van der Waals surface area contributed by atoms with Gasteiger partial charge in [0.1, 0.15) is 0 Å². The van der Waals surface area contributed by atoms with Crippen LogP contribution in [-0.2, 0) is 4.79 Å². The Hall–Kier alpha value is -0.530. The number of carbonyl (C=O) groups is 1. The van der Waals surface area contributed by atoms with Crippen LogP contribution in [-0.4, -0.2) is 22.9 Å². The number of piperidine rings is 2. The van der Waals surface area contributed by atoms with Crippen LogP contribution < -0.4 is 0 Å². The quantitative estimate of drug-likeness (QED) is 0.561. The van der Waals surface area contributed by atoms with Gasteiger partial charge < -0.3 is 4.90 Å². The summed E-state index contributed by atoms with van der Waals surface area (Å²) in [6, 6.07) is 1.05. The van der Waals surface area contributed by atoms with Crippen molar-refractivity contribution in [1.29, 1.82) is 0 Å². The Morgan fingerprint density at radius 3 is 2.77 bits per heavy atom. The molecule has 2 heterocycles. The fraction of sp³-hybridized carbons (Fsp3) is 0.909. The van der Waals surface area contributed by atoms with Crippen LogP contribution in [0.2, 0.25) is 0 Å². The highest BCUT2D eigenvalue weighted by Crippen LogP contribution is 2.33. The Morgan fingerprint density at radius 2 is 2.00 bits per heavy atom. The van der Waals surface area contributed by atoms with E-state index in [2.05, 4.69) is 18.7 Å². The number of hydrogen-bond donors (Lipinski definition) is 0. The minimum Gasteiger partial charge on any atom is -0.337 e. The third-order valence-electron chi connectivity index (χ3n) is 3.83. The van der Waals surface area contributed by atoms with Gasteiger partial charge >= 0.3 is 0 Å². The maximum absolute atomic E-state index is 11.7. The van der Waals surface area contributed by atoms with Gasteiger partial charge in [0.2, 0.25) is 5.91 Å². The molecule has 1 amide bonds. The third-order valence-corrected chi connectivity index (χ3v) is 3.83. The normalized spacial score (nSPS) is 40.3. The van der Waals surface area contributed by atoms with Crippen LogP contribution in [0, 0.1) is 5.92 Å². The summed E-state index contributed by atoms with van der Waals surface area (Å²) in [6.45, 7) is 4.48. The second-order valence-electron chi connectivity index (χ2n) is 4.64. The zero-order chi connectivity index (χ0) is 9.42. The SMILES string of the molecule is C[C@H]1CCC2CCCC(=O)N2[C@H]1C. The lowest BCUT2D eigenvalue weighted by Crippen LogP contribution is -2.53. The molecule has 0 aromatic carbocycles. The third kappa shape index (κ3) is 1.47. The van der Waals surface area contributed by atoms with Crippen molar-refractivity contribution in [3.63, 3.8) is 0 Å². The van der Waals surface area contributed by atoms with Gasteiger partial charge in [-0.1, -0.05) is 6.92 Å². The second kappa shape index (κ2) is 3.32. The Balaban J connectivity index is 2.15. The van der Waals surface area contributed by atoms with E-state index in [1.807, 2.05) is 0 Å². The highest BCUT2D eigenvalue weighted by molar-refractivity contribution is 5.77. The molecule has 0 aromatic rings. The molecule has 2 heteroatoms. The molecule has 0 spiro atoms. The van der Waals surface area contributed by atoms with Gasteiger partial charge in [0, 0.05) is 18.5 Å². The molecule has 2 fully saturated rings. The average Bonchev–Trinajstić information content (AvgIpc) is 2.12. The molecule has 0 aliphatic carbocycles. The number of fused-ring (bicyclic) bond motifs is 1. The van der Waals surface area contributed by atoms with Crippen LogP contribution in [0.1, 0.15) is 46.0 Å². The van der Waals surface area contributed by atoms with Crippen molar-refractivity contribution in [3.8, 4) is 0 Å². The molecule has 0 N–H and O–H groups in total. The van der Waals surface area contributed by atoms with E-state index in [1.54, 1.807) is 0 Å². The van der Waals surface area contributed by atoms with Crippen LogP contribution in [0.25, 0.3) is 0 Å². The molecule has 0 saturated carbocycles. The van der Waals surface area contributed by atoms with Crippen molar-refractivity contribution in [1.82, 2.24) is 4.90 Å². The molecule has 74 valence electrons. The van der Waals surface area contributed by atoms with Gasteiger partial charge in [-0.15, -0.1) is 0 Å². The van der Waals surface area contributed by atoms with Gasteiger partial charge in [-0.25, -0.2) is 0 Å². The first-order valence-corrected chi connectivity index (χ1v) is 5.51.